The molecule has 1 fully saturated rings. The van der Waals surface area contributed by atoms with Crippen LogP contribution in [-0.4, -0.2) is 47.8 Å². The molecule has 0 radical (unpaired) electrons. The molecule has 1 aliphatic rings. The Kier molecular flexibility index (Phi) is 7.34. The first-order valence-electron chi connectivity index (χ1n) is 11.5. The van der Waals surface area contributed by atoms with Crippen LogP contribution in [0.4, 0.5) is 10.8 Å². The smallest absolute Gasteiger partial charge is 0.267 e. The average Bonchev–Trinajstić information content (AvgIpc) is 3.60. The Labute approximate surface area is 230 Å². The number of sulfonamides is 1. The van der Waals surface area contributed by atoms with Crippen molar-refractivity contribution < 1.29 is 18.1 Å². The lowest BCUT2D eigenvalue weighted by atomic mass is 10.2. The summed E-state index contributed by atoms with van der Waals surface area (Å²) in [5.74, 6) is -0.508. The Morgan fingerprint density at radius 2 is 1.76 bits per heavy atom. The first-order chi connectivity index (χ1) is 18.2. The lowest BCUT2D eigenvalue weighted by Crippen LogP contribution is -2.28. The number of halogens is 1. The van der Waals surface area contributed by atoms with Crippen molar-refractivity contribution in [1.29, 1.82) is 0 Å². The molecule has 5 rings (SSSR count). The van der Waals surface area contributed by atoms with Crippen LogP contribution in [0.25, 0.3) is 10.2 Å². The van der Waals surface area contributed by atoms with E-state index >= 15 is 0 Å². The van der Waals surface area contributed by atoms with Gasteiger partial charge in [0.05, 0.1) is 26.3 Å². The number of nitro groups is 1. The van der Waals surface area contributed by atoms with Gasteiger partial charge in [0, 0.05) is 35.3 Å². The third-order valence-corrected chi connectivity index (χ3v) is 9.34. The van der Waals surface area contributed by atoms with Crippen molar-refractivity contribution >= 4 is 70.4 Å². The van der Waals surface area contributed by atoms with E-state index in [2.05, 4.69) is 26.0 Å². The second kappa shape index (κ2) is 10.7. The summed E-state index contributed by atoms with van der Waals surface area (Å²) in [5.41, 5.74) is 1.40. The van der Waals surface area contributed by atoms with E-state index < -0.39 is 20.9 Å². The summed E-state index contributed by atoms with van der Waals surface area (Å²) in [6, 6.07) is 17.1. The van der Waals surface area contributed by atoms with Crippen molar-refractivity contribution in [3.8, 4) is 0 Å². The maximum absolute atomic E-state index is 13.6. The molecular weight excluding hydrogens is 594 g/mol. The summed E-state index contributed by atoms with van der Waals surface area (Å²) >= 11 is 4.70. The highest BCUT2D eigenvalue weighted by Gasteiger charge is 2.28. The van der Waals surface area contributed by atoms with E-state index in [0.717, 1.165) is 27.0 Å². The van der Waals surface area contributed by atoms with Crippen molar-refractivity contribution in [1.82, 2.24) is 9.29 Å². The van der Waals surface area contributed by atoms with Crippen LogP contribution in [-0.2, 0) is 10.0 Å². The van der Waals surface area contributed by atoms with Crippen LogP contribution in [0, 0.1) is 10.1 Å². The van der Waals surface area contributed by atoms with Gasteiger partial charge in [-0.25, -0.2) is 13.4 Å². The van der Waals surface area contributed by atoms with Crippen LogP contribution < -0.4 is 5.01 Å². The molecule has 2 heterocycles. The molecule has 4 aromatic rings. The van der Waals surface area contributed by atoms with Crippen LogP contribution in [0.5, 0.6) is 0 Å². The van der Waals surface area contributed by atoms with Crippen LogP contribution >= 0.6 is 27.3 Å². The number of thiazole rings is 1. The predicted molar refractivity (Wildman–Crippen MR) is 149 cm³/mol. The molecule has 0 spiro atoms. The van der Waals surface area contributed by atoms with Gasteiger partial charge in [0.15, 0.2) is 0 Å². The van der Waals surface area contributed by atoms with Gasteiger partial charge in [-0.2, -0.15) is 14.4 Å². The number of nitrogens with zero attached hydrogens (tertiary/aromatic N) is 5. The van der Waals surface area contributed by atoms with E-state index in [1.54, 1.807) is 0 Å². The van der Waals surface area contributed by atoms with E-state index in [9.17, 15) is 23.3 Å². The van der Waals surface area contributed by atoms with Crippen molar-refractivity contribution in [2.75, 3.05) is 18.1 Å². The lowest BCUT2D eigenvalue weighted by molar-refractivity contribution is -0.384. The molecule has 10 nitrogen and oxygen atoms in total. The van der Waals surface area contributed by atoms with Crippen LogP contribution in [0.2, 0.25) is 0 Å². The average molecular weight is 615 g/mol. The Balaban J connectivity index is 1.48. The second-order valence-corrected chi connectivity index (χ2v) is 12.3. The molecule has 38 heavy (non-hydrogen) atoms. The molecule has 1 aliphatic heterocycles. The number of amides is 1. The van der Waals surface area contributed by atoms with Crippen molar-refractivity contribution in [2.45, 2.75) is 17.7 Å². The van der Waals surface area contributed by atoms with Gasteiger partial charge in [-0.15, -0.1) is 0 Å². The molecular formula is C25H20BrN5O5S2. The number of hydrogen-bond donors (Lipinski definition) is 0. The summed E-state index contributed by atoms with van der Waals surface area (Å²) < 4.78 is 28.9. The number of fused-ring (bicyclic) bond motifs is 1. The van der Waals surface area contributed by atoms with E-state index in [1.807, 2.05) is 18.2 Å². The van der Waals surface area contributed by atoms with Crippen molar-refractivity contribution in [3.05, 3.63) is 92.4 Å². The van der Waals surface area contributed by atoms with Gasteiger partial charge in [0.2, 0.25) is 15.2 Å². The Bertz CT molecular complexity index is 1650. The van der Waals surface area contributed by atoms with Crippen LogP contribution in [0.1, 0.15) is 28.8 Å². The van der Waals surface area contributed by atoms with E-state index in [4.69, 9.17) is 0 Å². The van der Waals surface area contributed by atoms with Gasteiger partial charge in [0.25, 0.3) is 11.6 Å². The molecule has 0 atom stereocenters. The number of aromatic nitrogens is 1. The van der Waals surface area contributed by atoms with E-state index in [-0.39, 0.29) is 16.1 Å². The number of carbonyl (C=O) groups excluding carboxylic acids is 1. The van der Waals surface area contributed by atoms with Gasteiger partial charge in [-0.1, -0.05) is 27.3 Å². The number of anilines is 1. The largest absolute Gasteiger partial charge is 0.280 e. The molecule has 1 amide bonds. The van der Waals surface area contributed by atoms with Gasteiger partial charge in [-0.05, 0) is 73.0 Å². The fourth-order valence-corrected chi connectivity index (χ4v) is 6.93. The lowest BCUT2D eigenvalue weighted by Gasteiger charge is -2.16. The maximum atomic E-state index is 13.6. The van der Waals surface area contributed by atoms with E-state index in [1.165, 1.54) is 70.4 Å². The summed E-state index contributed by atoms with van der Waals surface area (Å²) in [5, 5.41) is 16.8. The minimum atomic E-state index is -3.61. The number of carbonyl (C=O) groups is 1. The molecule has 0 N–H and O–H groups in total. The summed E-state index contributed by atoms with van der Waals surface area (Å²) in [4.78, 5) is 28.7. The summed E-state index contributed by atoms with van der Waals surface area (Å²) in [6.07, 6.45) is 3.07. The zero-order valence-electron chi connectivity index (χ0n) is 19.7. The fraction of sp³-hybridized carbons (Fsp3) is 0.160. The minimum absolute atomic E-state index is 0.0594. The molecule has 0 aliphatic carbocycles. The van der Waals surface area contributed by atoms with Crippen LogP contribution in [0.15, 0.2) is 81.2 Å². The molecule has 1 saturated heterocycles. The highest BCUT2D eigenvalue weighted by atomic mass is 79.9. The molecule has 0 saturated carbocycles. The normalized spacial score (nSPS) is 14.3. The number of non-ortho nitro benzene ring substituents is 1. The SMILES string of the molecule is O=C(c1ccc(S(=O)(=O)N2CCCC2)cc1)N(/N=C/c1ccc([N+](=O)[O-])cc1)c1nc2ccc(Br)cc2s1. The first-order valence-corrected chi connectivity index (χ1v) is 14.6. The van der Waals surface area contributed by atoms with Gasteiger partial charge in [0.1, 0.15) is 0 Å². The van der Waals surface area contributed by atoms with E-state index in [0.29, 0.717) is 29.3 Å². The van der Waals surface area contributed by atoms with Crippen molar-refractivity contribution in [3.63, 3.8) is 0 Å². The number of hydrogen-bond acceptors (Lipinski definition) is 8. The predicted octanol–water partition coefficient (Wildman–Crippen LogP) is 5.43. The number of benzene rings is 3. The topological polar surface area (TPSA) is 126 Å². The monoisotopic (exact) mass is 613 g/mol. The summed E-state index contributed by atoms with van der Waals surface area (Å²) in [7, 11) is -3.61. The Morgan fingerprint density at radius 3 is 2.42 bits per heavy atom. The fourth-order valence-electron chi connectivity index (χ4n) is 3.94. The molecule has 194 valence electrons. The number of rotatable bonds is 7. The van der Waals surface area contributed by atoms with Crippen LogP contribution in [0.3, 0.4) is 0 Å². The quantitative estimate of drug-likeness (QED) is 0.155. The third kappa shape index (κ3) is 5.36. The zero-order chi connectivity index (χ0) is 26.9. The highest BCUT2D eigenvalue weighted by molar-refractivity contribution is 9.10. The molecule has 1 aromatic heterocycles. The Hall–Kier alpha value is -3.52. The number of nitro benzene ring substituents is 1. The Morgan fingerprint density at radius 1 is 1.08 bits per heavy atom. The zero-order valence-corrected chi connectivity index (χ0v) is 22.9. The maximum Gasteiger partial charge on any atom is 0.280 e. The molecule has 3 aromatic carbocycles. The van der Waals surface area contributed by atoms with Gasteiger partial charge in [-0.3, -0.25) is 14.9 Å². The molecule has 0 bridgehead atoms. The highest BCUT2D eigenvalue weighted by Crippen LogP contribution is 2.32. The first kappa shape index (κ1) is 26.1. The van der Waals surface area contributed by atoms with Crippen molar-refractivity contribution in [2.24, 2.45) is 5.10 Å². The third-order valence-electron chi connectivity index (χ3n) is 5.94. The molecule has 0 unspecified atom stereocenters. The minimum Gasteiger partial charge on any atom is -0.267 e. The van der Waals surface area contributed by atoms with Gasteiger partial charge < -0.3 is 0 Å². The second-order valence-electron chi connectivity index (χ2n) is 8.45. The molecule has 13 heteroatoms. The van der Waals surface area contributed by atoms with Gasteiger partial charge >= 0.3 is 0 Å². The number of hydrazone groups is 1. The standard InChI is InChI=1S/C25H20BrN5O5S2/c26-19-7-12-22-23(15-19)37-25(28-22)30(27-16-17-3-8-20(9-4-17)31(33)34)24(32)18-5-10-21(11-6-18)38(35,36)29-13-1-2-14-29/h3-12,15-16H,1-2,13-14H2/b27-16+. The summed E-state index contributed by atoms with van der Waals surface area (Å²) in [6.45, 7) is 0.976.